The number of rotatable bonds is 7. The van der Waals surface area contributed by atoms with Crippen molar-refractivity contribution >= 4 is 11.8 Å². The number of fused-ring (bicyclic) bond motifs is 1. The fourth-order valence-corrected chi connectivity index (χ4v) is 4.44. The second-order valence-electron chi connectivity index (χ2n) is 7.37. The van der Waals surface area contributed by atoms with Crippen LogP contribution in [0.4, 0.5) is 0 Å². The Morgan fingerprint density at radius 3 is 3.07 bits per heavy atom. The van der Waals surface area contributed by atoms with Crippen molar-refractivity contribution < 1.29 is 19.1 Å². The van der Waals surface area contributed by atoms with Crippen LogP contribution in [0.1, 0.15) is 12.6 Å². The van der Waals surface area contributed by atoms with Crippen LogP contribution in [0.25, 0.3) is 0 Å². The SMILES string of the molecule is CCOCCN1C[C@]23C=C[C@H](O2)C(C(=O)N(C)Cc2ccccn2)C3C1=O. The molecule has 0 saturated carbocycles. The maximum Gasteiger partial charge on any atom is 0.230 e. The lowest BCUT2D eigenvalue weighted by molar-refractivity contribution is -0.143. The number of hydrogen-bond acceptors (Lipinski definition) is 5. The van der Waals surface area contributed by atoms with E-state index in [9.17, 15) is 9.59 Å². The van der Waals surface area contributed by atoms with Crippen LogP contribution >= 0.6 is 0 Å². The van der Waals surface area contributed by atoms with Gasteiger partial charge in [0.1, 0.15) is 5.60 Å². The third-order valence-electron chi connectivity index (χ3n) is 5.68. The van der Waals surface area contributed by atoms with Gasteiger partial charge in [-0.2, -0.15) is 0 Å². The summed E-state index contributed by atoms with van der Waals surface area (Å²) in [7, 11) is 1.76. The molecule has 1 aromatic rings. The molecule has 2 bridgehead atoms. The van der Waals surface area contributed by atoms with Crippen LogP contribution in [0, 0.1) is 11.8 Å². The van der Waals surface area contributed by atoms with E-state index in [0.29, 0.717) is 32.8 Å². The Hall–Kier alpha value is -2.25. The average Bonchev–Trinajstić information content (AvgIpc) is 3.31. The molecule has 3 aliphatic heterocycles. The Balaban J connectivity index is 1.49. The highest BCUT2D eigenvalue weighted by atomic mass is 16.5. The normalized spacial score (nSPS) is 30.8. The zero-order valence-corrected chi connectivity index (χ0v) is 15.7. The van der Waals surface area contributed by atoms with Gasteiger partial charge in [0.2, 0.25) is 11.8 Å². The Labute approximate surface area is 158 Å². The third-order valence-corrected chi connectivity index (χ3v) is 5.68. The van der Waals surface area contributed by atoms with Crippen molar-refractivity contribution in [2.24, 2.45) is 11.8 Å². The summed E-state index contributed by atoms with van der Waals surface area (Å²) in [4.78, 5) is 33.9. The van der Waals surface area contributed by atoms with Crippen LogP contribution in [0.5, 0.6) is 0 Å². The molecule has 0 aromatic carbocycles. The number of ether oxygens (including phenoxy) is 2. The molecule has 0 radical (unpaired) electrons. The minimum Gasteiger partial charge on any atom is -0.380 e. The summed E-state index contributed by atoms with van der Waals surface area (Å²) in [6.07, 6.45) is 5.30. The molecule has 27 heavy (non-hydrogen) atoms. The van der Waals surface area contributed by atoms with Crippen molar-refractivity contribution in [2.75, 3.05) is 33.4 Å². The second-order valence-corrected chi connectivity index (χ2v) is 7.37. The van der Waals surface area contributed by atoms with Gasteiger partial charge in [-0.15, -0.1) is 0 Å². The summed E-state index contributed by atoms with van der Waals surface area (Å²) >= 11 is 0. The summed E-state index contributed by atoms with van der Waals surface area (Å²) in [5.41, 5.74) is 0.152. The molecule has 0 aliphatic carbocycles. The highest BCUT2D eigenvalue weighted by Crippen LogP contribution is 2.52. The van der Waals surface area contributed by atoms with Gasteiger partial charge in [0.25, 0.3) is 0 Å². The number of likely N-dealkylation sites (tertiary alicyclic amines) is 1. The highest BCUT2D eigenvalue weighted by Gasteiger charge is 2.66. The lowest BCUT2D eigenvalue weighted by Gasteiger charge is -2.27. The molecule has 4 heterocycles. The van der Waals surface area contributed by atoms with Crippen molar-refractivity contribution in [1.29, 1.82) is 0 Å². The number of amides is 2. The third kappa shape index (κ3) is 3.04. The molecular formula is C20H25N3O4. The van der Waals surface area contributed by atoms with Crippen LogP contribution in [0.3, 0.4) is 0 Å². The lowest BCUT2D eigenvalue weighted by Crippen LogP contribution is -2.44. The molecule has 2 saturated heterocycles. The fraction of sp³-hybridized carbons (Fsp3) is 0.550. The molecule has 0 N–H and O–H groups in total. The van der Waals surface area contributed by atoms with Crippen LogP contribution in [-0.4, -0.2) is 71.7 Å². The fourth-order valence-electron chi connectivity index (χ4n) is 4.44. The molecule has 2 amide bonds. The monoisotopic (exact) mass is 371 g/mol. The molecule has 3 aliphatic rings. The number of carbonyl (C=O) groups is 2. The zero-order valence-electron chi connectivity index (χ0n) is 15.7. The molecule has 4 atom stereocenters. The molecular weight excluding hydrogens is 346 g/mol. The average molecular weight is 371 g/mol. The van der Waals surface area contributed by atoms with Gasteiger partial charge in [-0.25, -0.2) is 0 Å². The zero-order chi connectivity index (χ0) is 19.0. The molecule has 144 valence electrons. The minimum absolute atomic E-state index is 0.00820. The van der Waals surface area contributed by atoms with E-state index in [-0.39, 0.29) is 17.9 Å². The Morgan fingerprint density at radius 1 is 1.48 bits per heavy atom. The predicted octanol–water partition coefficient (Wildman–Crippen LogP) is 0.858. The van der Waals surface area contributed by atoms with Gasteiger partial charge in [-0.1, -0.05) is 18.2 Å². The van der Waals surface area contributed by atoms with Crippen LogP contribution < -0.4 is 0 Å². The van der Waals surface area contributed by atoms with Crippen molar-refractivity contribution in [3.63, 3.8) is 0 Å². The first-order chi connectivity index (χ1) is 13.1. The number of pyridine rings is 1. The van der Waals surface area contributed by atoms with Crippen molar-refractivity contribution in [3.8, 4) is 0 Å². The molecule has 7 heteroatoms. The molecule has 4 rings (SSSR count). The summed E-state index contributed by atoms with van der Waals surface area (Å²) in [6.45, 7) is 4.47. The Bertz CT molecular complexity index is 753. The number of hydrogen-bond donors (Lipinski definition) is 0. The van der Waals surface area contributed by atoms with Gasteiger partial charge in [0, 0.05) is 26.4 Å². The number of carbonyl (C=O) groups excluding carboxylic acids is 2. The van der Waals surface area contributed by atoms with E-state index in [1.54, 1.807) is 23.0 Å². The van der Waals surface area contributed by atoms with Crippen LogP contribution in [-0.2, 0) is 25.6 Å². The molecule has 2 unspecified atom stereocenters. The largest absolute Gasteiger partial charge is 0.380 e. The van der Waals surface area contributed by atoms with E-state index >= 15 is 0 Å². The Kier molecular flexibility index (Phi) is 4.74. The van der Waals surface area contributed by atoms with E-state index < -0.39 is 17.4 Å². The number of aromatic nitrogens is 1. The smallest absolute Gasteiger partial charge is 0.230 e. The first kappa shape index (κ1) is 18.1. The van der Waals surface area contributed by atoms with E-state index in [1.807, 2.05) is 37.3 Å². The lowest BCUT2D eigenvalue weighted by atomic mass is 9.76. The summed E-state index contributed by atoms with van der Waals surface area (Å²) in [5, 5.41) is 0. The van der Waals surface area contributed by atoms with Gasteiger partial charge >= 0.3 is 0 Å². The first-order valence-corrected chi connectivity index (χ1v) is 9.44. The van der Waals surface area contributed by atoms with Gasteiger partial charge in [-0.05, 0) is 19.1 Å². The minimum atomic E-state index is -0.667. The van der Waals surface area contributed by atoms with Crippen LogP contribution in [0.15, 0.2) is 36.5 Å². The Morgan fingerprint density at radius 2 is 2.33 bits per heavy atom. The van der Waals surface area contributed by atoms with E-state index in [2.05, 4.69) is 4.98 Å². The van der Waals surface area contributed by atoms with E-state index in [4.69, 9.17) is 9.47 Å². The topological polar surface area (TPSA) is 72.0 Å². The highest BCUT2D eigenvalue weighted by molar-refractivity contribution is 5.93. The van der Waals surface area contributed by atoms with Gasteiger partial charge in [0.05, 0.1) is 43.3 Å². The maximum absolute atomic E-state index is 13.2. The summed E-state index contributed by atoms with van der Waals surface area (Å²) in [5.74, 6) is -1.01. The van der Waals surface area contributed by atoms with E-state index in [1.165, 1.54) is 0 Å². The van der Waals surface area contributed by atoms with Crippen molar-refractivity contribution in [2.45, 2.75) is 25.2 Å². The standard InChI is InChI=1S/C20H25N3O4/c1-3-26-11-10-23-13-20-8-7-15(27-20)16(17(20)19(23)25)18(24)22(2)12-14-6-4-5-9-21-14/h4-9,15-17H,3,10-13H2,1-2H3/t15-,16?,17?,20-/m0/s1. The van der Waals surface area contributed by atoms with Crippen molar-refractivity contribution in [3.05, 3.63) is 42.2 Å². The van der Waals surface area contributed by atoms with Crippen LogP contribution in [0.2, 0.25) is 0 Å². The van der Waals surface area contributed by atoms with Gasteiger partial charge < -0.3 is 19.3 Å². The van der Waals surface area contributed by atoms with Crippen molar-refractivity contribution in [1.82, 2.24) is 14.8 Å². The second kappa shape index (κ2) is 7.05. The predicted molar refractivity (Wildman–Crippen MR) is 97.5 cm³/mol. The molecule has 2 fully saturated rings. The first-order valence-electron chi connectivity index (χ1n) is 9.44. The molecule has 7 nitrogen and oxygen atoms in total. The number of nitrogens with zero attached hydrogens (tertiary/aromatic N) is 3. The molecule has 1 aromatic heterocycles. The van der Waals surface area contributed by atoms with E-state index in [0.717, 1.165) is 5.69 Å². The summed E-state index contributed by atoms with van der Waals surface area (Å²) in [6, 6.07) is 5.63. The summed E-state index contributed by atoms with van der Waals surface area (Å²) < 4.78 is 11.5. The quantitative estimate of drug-likeness (QED) is 0.525. The maximum atomic E-state index is 13.2. The molecule has 1 spiro atoms. The van der Waals surface area contributed by atoms with Gasteiger partial charge in [0.15, 0.2) is 0 Å². The van der Waals surface area contributed by atoms with Gasteiger partial charge in [-0.3, -0.25) is 14.6 Å².